The Hall–Kier alpha value is 0.320. The first-order valence-electron chi connectivity index (χ1n) is 2.99. The molecule has 0 fully saturated rings. The molecule has 0 aromatic heterocycles. The molecule has 11 heavy (non-hydrogen) atoms. The molecule has 1 rings (SSSR count). The van der Waals surface area contributed by atoms with Crippen LogP contribution in [0.2, 0.25) is 0 Å². The molecule has 0 atom stereocenters. The summed E-state index contributed by atoms with van der Waals surface area (Å²) in [5.41, 5.74) is 6.24. The van der Waals surface area contributed by atoms with E-state index in [-0.39, 0.29) is 5.82 Å². The van der Waals surface area contributed by atoms with Gasteiger partial charge in [0.2, 0.25) is 0 Å². The maximum absolute atomic E-state index is 12.8. The number of hydrogen-bond acceptors (Lipinski definition) is 1. The van der Waals surface area contributed by atoms with Crippen molar-refractivity contribution in [3.63, 3.8) is 0 Å². The average Bonchev–Trinajstić information content (AvgIpc) is 1.99. The molecule has 1 nitrogen and oxygen atoms in total. The third-order valence-electron chi connectivity index (χ3n) is 1.34. The Labute approximate surface area is 86.4 Å². The molecule has 0 aliphatic heterocycles. The molecule has 0 saturated carbocycles. The Balaban J connectivity index is 3.29. The maximum Gasteiger partial charge on any atom is 0.137 e. The monoisotopic (exact) mass is 329 g/mol. The highest BCUT2D eigenvalue weighted by atomic mass is 127. The molecule has 0 heterocycles. The fraction of sp³-hybridized carbons (Fsp3) is 0.143. The lowest BCUT2D eigenvalue weighted by Crippen LogP contribution is -2.01. The first kappa shape index (κ1) is 9.41. The van der Waals surface area contributed by atoms with Crippen LogP contribution in [0, 0.1) is 9.39 Å². The van der Waals surface area contributed by atoms with E-state index in [1.807, 2.05) is 0 Å². The lowest BCUT2D eigenvalue weighted by atomic mass is 10.2. The molecule has 0 amide bonds. The van der Waals surface area contributed by atoms with Crippen LogP contribution in [-0.2, 0) is 6.54 Å². The van der Waals surface area contributed by atoms with Crippen molar-refractivity contribution in [3.8, 4) is 0 Å². The van der Waals surface area contributed by atoms with E-state index in [0.717, 1.165) is 9.13 Å². The number of benzene rings is 1. The van der Waals surface area contributed by atoms with Crippen molar-refractivity contribution >= 4 is 38.5 Å². The fourth-order valence-electron chi connectivity index (χ4n) is 0.756. The molecule has 0 bridgehead atoms. The summed E-state index contributed by atoms with van der Waals surface area (Å²) in [7, 11) is 0. The number of nitrogens with two attached hydrogens (primary N) is 1. The van der Waals surface area contributed by atoms with Gasteiger partial charge in [-0.3, -0.25) is 0 Å². The minimum absolute atomic E-state index is 0.258. The molecule has 0 radical (unpaired) electrons. The molecule has 4 heteroatoms. The highest BCUT2D eigenvalue weighted by Gasteiger charge is 2.06. The van der Waals surface area contributed by atoms with Gasteiger partial charge in [-0.15, -0.1) is 0 Å². The molecule has 0 aliphatic carbocycles. The van der Waals surface area contributed by atoms with Crippen molar-refractivity contribution in [2.45, 2.75) is 6.54 Å². The first-order chi connectivity index (χ1) is 5.16. The van der Waals surface area contributed by atoms with Gasteiger partial charge >= 0.3 is 0 Å². The predicted molar refractivity (Wildman–Crippen MR) is 54.7 cm³/mol. The average molecular weight is 330 g/mol. The second-order valence-corrected chi connectivity index (χ2v) is 3.98. The zero-order valence-electron chi connectivity index (χ0n) is 5.57. The zero-order chi connectivity index (χ0) is 8.43. The molecular formula is C7H6BrFIN. The van der Waals surface area contributed by atoms with Crippen LogP contribution in [0.5, 0.6) is 0 Å². The molecule has 1 aromatic carbocycles. The topological polar surface area (TPSA) is 26.0 Å². The minimum atomic E-state index is -0.258. The summed E-state index contributed by atoms with van der Waals surface area (Å²) in [6.45, 7) is 0.358. The second kappa shape index (κ2) is 3.82. The third kappa shape index (κ3) is 1.91. The van der Waals surface area contributed by atoms with Gasteiger partial charge in [0, 0.05) is 10.1 Å². The van der Waals surface area contributed by atoms with Crippen molar-refractivity contribution in [2.24, 2.45) is 5.73 Å². The lowest BCUT2D eigenvalue weighted by Gasteiger charge is -2.04. The summed E-state index contributed by atoms with van der Waals surface area (Å²) in [4.78, 5) is 0. The Morgan fingerprint density at radius 3 is 2.64 bits per heavy atom. The van der Waals surface area contributed by atoms with Crippen molar-refractivity contribution in [3.05, 3.63) is 31.6 Å². The molecule has 0 aliphatic rings. The van der Waals surface area contributed by atoms with Crippen LogP contribution in [-0.4, -0.2) is 0 Å². The van der Waals surface area contributed by atoms with Crippen LogP contribution >= 0.6 is 38.5 Å². The third-order valence-corrected chi connectivity index (χ3v) is 3.21. The molecule has 0 saturated heterocycles. The van der Waals surface area contributed by atoms with Gasteiger partial charge in [-0.1, -0.05) is 0 Å². The first-order valence-corrected chi connectivity index (χ1v) is 4.86. The van der Waals surface area contributed by atoms with E-state index < -0.39 is 0 Å². The van der Waals surface area contributed by atoms with Gasteiger partial charge in [0.05, 0.1) is 4.47 Å². The van der Waals surface area contributed by atoms with E-state index in [4.69, 9.17) is 5.73 Å². The Morgan fingerprint density at radius 1 is 1.55 bits per heavy atom. The summed E-state index contributed by atoms with van der Waals surface area (Å²) in [6.07, 6.45) is 0. The van der Waals surface area contributed by atoms with Gasteiger partial charge in [-0.2, -0.15) is 0 Å². The second-order valence-electron chi connectivity index (χ2n) is 2.03. The van der Waals surface area contributed by atoms with E-state index in [9.17, 15) is 4.39 Å². The van der Waals surface area contributed by atoms with Crippen molar-refractivity contribution < 1.29 is 4.39 Å². The fourth-order valence-corrected chi connectivity index (χ4v) is 2.30. The van der Waals surface area contributed by atoms with Crippen LogP contribution in [0.4, 0.5) is 4.39 Å². The minimum Gasteiger partial charge on any atom is -0.326 e. The molecule has 2 N–H and O–H groups in total. The van der Waals surface area contributed by atoms with Crippen molar-refractivity contribution in [1.29, 1.82) is 0 Å². The molecule has 60 valence electrons. The van der Waals surface area contributed by atoms with Crippen LogP contribution in [0.3, 0.4) is 0 Å². The van der Waals surface area contributed by atoms with E-state index in [1.165, 1.54) is 6.07 Å². The summed E-state index contributed by atoms with van der Waals surface area (Å²) in [5, 5.41) is 0. The smallest absolute Gasteiger partial charge is 0.137 e. The molecule has 1 aromatic rings. The quantitative estimate of drug-likeness (QED) is 0.622. The van der Waals surface area contributed by atoms with Gasteiger partial charge in [0.15, 0.2) is 0 Å². The predicted octanol–water partition coefficient (Wildman–Crippen LogP) is 2.65. The summed E-state index contributed by atoms with van der Waals surface area (Å²) in [6, 6.07) is 3.13. The lowest BCUT2D eigenvalue weighted by molar-refractivity contribution is 0.617. The van der Waals surface area contributed by atoms with E-state index in [1.54, 1.807) is 6.07 Å². The maximum atomic E-state index is 12.8. The van der Waals surface area contributed by atoms with Crippen LogP contribution in [0.15, 0.2) is 16.6 Å². The van der Waals surface area contributed by atoms with E-state index >= 15 is 0 Å². The summed E-state index contributed by atoms with van der Waals surface area (Å²) < 4.78 is 14.3. The number of halogens is 3. The Kier molecular flexibility index (Phi) is 3.27. The number of hydrogen-bond donors (Lipinski definition) is 1. The highest BCUT2D eigenvalue weighted by molar-refractivity contribution is 14.1. The van der Waals surface area contributed by atoms with Crippen LogP contribution in [0.1, 0.15) is 5.56 Å². The van der Waals surface area contributed by atoms with Crippen LogP contribution < -0.4 is 5.73 Å². The van der Waals surface area contributed by atoms with Crippen molar-refractivity contribution in [2.75, 3.05) is 0 Å². The molecular weight excluding hydrogens is 324 g/mol. The van der Waals surface area contributed by atoms with Gasteiger partial charge in [0.1, 0.15) is 5.82 Å². The van der Waals surface area contributed by atoms with E-state index in [2.05, 4.69) is 38.5 Å². The molecule has 0 unspecified atom stereocenters. The highest BCUT2D eigenvalue weighted by Crippen LogP contribution is 2.24. The summed E-state index contributed by atoms with van der Waals surface area (Å²) in [5.74, 6) is -0.258. The van der Waals surface area contributed by atoms with Gasteiger partial charge in [-0.05, 0) is 56.2 Å². The van der Waals surface area contributed by atoms with Gasteiger partial charge in [0.25, 0.3) is 0 Å². The zero-order valence-corrected chi connectivity index (χ0v) is 9.32. The Morgan fingerprint density at radius 2 is 2.18 bits per heavy atom. The van der Waals surface area contributed by atoms with Gasteiger partial charge < -0.3 is 5.73 Å². The van der Waals surface area contributed by atoms with Crippen LogP contribution in [0.25, 0.3) is 0 Å². The van der Waals surface area contributed by atoms with E-state index in [0.29, 0.717) is 11.0 Å². The van der Waals surface area contributed by atoms with Crippen molar-refractivity contribution in [1.82, 2.24) is 0 Å². The standard InChI is InChI=1S/C7H6BrFIN/c8-7-4(3-11)6(10)2-1-5(7)9/h1-2H,3,11H2. The van der Waals surface area contributed by atoms with Gasteiger partial charge in [-0.25, -0.2) is 4.39 Å². The SMILES string of the molecule is NCc1c(I)ccc(F)c1Br. The number of rotatable bonds is 1. The molecule has 0 spiro atoms. The Bertz CT molecular complexity index is 277. The normalized spacial score (nSPS) is 10.2. The summed E-state index contributed by atoms with van der Waals surface area (Å²) >= 11 is 5.26. The largest absolute Gasteiger partial charge is 0.326 e.